The number of fused-ring (bicyclic) bond motifs is 1. The van der Waals surface area contributed by atoms with Crippen molar-refractivity contribution >= 4 is 17.5 Å². The fourth-order valence-corrected chi connectivity index (χ4v) is 3.46. The van der Waals surface area contributed by atoms with E-state index < -0.39 is 5.91 Å². The molecule has 3 aromatic rings. The number of methoxy groups -OCH3 is 1. The lowest BCUT2D eigenvalue weighted by Gasteiger charge is -2.15. The number of aromatic nitrogens is 3. The van der Waals surface area contributed by atoms with Crippen LogP contribution in [0.1, 0.15) is 53.3 Å². The highest BCUT2D eigenvalue weighted by Crippen LogP contribution is 2.28. The summed E-state index contributed by atoms with van der Waals surface area (Å²) in [5, 5.41) is 4.45. The number of rotatable bonds is 7. The summed E-state index contributed by atoms with van der Waals surface area (Å²) in [7, 11) is 1.51. The van der Waals surface area contributed by atoms with Crippen molar-refractivity contribution in [2.24, 2.45) is 0 Å². The quantitative estimate of drug-likeness (QED) is 0.548. The van der Waals surface area contributed by atoms with Crippen LogP contribution in [0.5, 0.6) is 11.5 Å². The van der Waals surface area contributed by atoms with Crippen LogP contribution in [-0.2, 0) is 11.2 Å². The van der Waals surface area contributed by atoms with Crippen molar-refractivity contribution in [3.63, 3.8) is 0 Å². The molecule has 1 aromatic carbocycles. The molecule has 9 nitrogen and oxygen atoms in total. The molecule has 0 saturated carbocycles. The lowest BCUT2D eigenvalue weighted by Crippen LogP contribution is -2.41. The van der Waals surface area contributed by atoms with Gasteiger partial charge in [0.1, 0.15) is 0 Å². The fourth-order valence-electron chi connectivity index (χ4n) is 3.46. The van der Waals surface area contributed by atoms with Crippen molar-refractivity contribution in [1.82, 2.24) is 25.4 Å². The molecule has 2 heterocycles. The molecule has 0 saturated heterocycles. The number of hydrazine groups is 1. The van der Waals surface area contributed by atoms with Gasteiger partial charge >= 0.3 is 0 Å². The highest BCUT2D eigenvalue weighted by molar-refractivity contribution is 5.96. The highest BCUT2D eigenvalue weighted by Gasteiger charge is 2.15. The zero-order valence-corrected chi connectivity index (χ0v) is 19.3. The van der Waals surface area contributed by atoms with Gasteiger partial charge in [0.15, 0.2) is 17.1 Å². The zero-order chi connectivity index (χ0) is 23.4. The van der Waals surface area contributed by atoms with Crippen molar-refractivity contribution < 1.29 is 19.1 Å². The Hall–Kier alpha value is -3.62. The van der Waals surface area contributed by atoms with Gasteiger partial charge in [-0.05, 0) is 64.8 Å². The highest BCUT2D eigenvalue weighted by atomic mass is 16.5. The summed E-state index contributed by atoms with van der Waals surface area (Å²) in [5.74, 6) is 0.239. The van der Waals surface area contributed by atoms with Crippen molar-refractivity contribution in [2.45, 2.75) is 53.6 Å². The van der Waals surface area contributed by atoms with E-state index in [0.717, 1.165) is 28.3 Å². The van der Waals surface area contributed by atoms with Crippen LogP contribution in [0.15, 0.2) is 24.3 Å². The number of carbonyl (C=O) groups is 2. The summed E-state index contributed by atoms with van der Waals surface area (Å²) in [5.41, 5.74) is 9.70. The molecule has 3 rings (SSSR count). The molecule has 0 aliphatic rings. The molecule has 170 valence electrons. The van der Waals surface area contributed by atoms with Crippen LogP contribution in [0.3, 0.4) is 0 Å². The first-order chi connectivity index (χ1) is 15.2. The Labute approximate surface area is 187 Å². The van der Waals surface area contributed by atoms with Gasteiger partial charge < -0.3 is 9.47 Å². The maximum atomic E-state index is 12.4. The number of hydrogen-bond acceptors (Lipinski definition) is 6. The SMILES string of the molecule is COc1cc(C(=O)NNC(=O)CCc2c(C)nc3cc(C)nn3c2C)ccc1OC(C)C. The number of benzene rings is 1. The van der Waals surface area contributed by atoms with E-state index in [0.29, 0.717) is 23.5 Å². The Morgan fingerprint density at radius 1 is 1.09 bits per heavy atom. The Morgan fingerprint density at radius 2 is 1.84 bits per heavy atom. The minimum absolute atomic E-state index is 0.0247. The lowest BCUT2D eigenvalue weighted by atomic mass is 10.1. The van der Waals surface area contributed by atoms with E-state index in [1.165, 1.54) is 7.11 Å². The Morgan fingerprint density at radius 3 is 2.53 bits per heavy atom. The van der Waals surface area contributed by atoms with Crippen LogP contribution >= 0.6 is 0 Å². The topological polar surface area (TPSA) is 107 Å². The van der Waals surface area contributed by atoms with E-state index >= 15 is 0 Å². The van der Waals surface area contributed by atoms with E-state index in [2.05, 4.69) is 20.9 Å². The lowest BCUT2D eigenvalue weighted by molar-refractivity contribution is -0.121. The minimum atomic E-state index is -0.449. The summed E-state index contributed by atoms with van der Waals surface area (Å²) in [6, 6.07) is 6.77. The molecule has 32 heavy (non-hydrogen) atoms. The molecule has 0 radical (unpaired) electrons. The maximum Gasteiger partial charge on any atom is 0.269 e. The third-order valence-corrected chi connectivity index (χ3v) is 4.99. The van der Waals surface area contributed by atoms with Crippen LogP contribution in [0.4, 0.5) is 0 Å². The molecular formula is C23H29N5O4. The normalized spacial score (nSPS) is 11.0. The number of nitrogens with zero attached hydrogens (tertiary/aromatic N) is 3. The van der Waals surface area contributed by atoms with Crippen molar-refractivity contribution in [2.75, 3.05) is 7.11 Å². The van der Waals surface area contributed by atoms with Crippen LogP contribution < -0.4 is 20.3 Å². The average Bonchev–Trinajstić information content (AvgIpc) is 3.11. The maximum absolute atomic E-state index is 12.4. The van der Waals surface area contributed by atoms with Crippen LogP contribution in [0.25, 0.3) is 5.65 Å². The van der Waals surface area contributed by atoms with Crippen molar-refractivity contribution in [3.05, 3.63) is 52.5 Å². The summed E-state index contributed by atoms with van der Waals surface area (Å²) in [4.78, 5) is 29.3. The Balaban J connectivity index is 1.59. The number of amides is 2. The van der Waals surface area contributed by atoms with Crippen molar-refractivity contribution in [1.29, 1.82) is 0 Å². The number of carbonyl (C=O) groups excluding carboxylic acids is 2. The summed E-state index contributed by atoms with van der Waals surface area (Å²) in [6.45, 7) is 9.61. The monoisotopic (exact) mass is 439 g/mol. The van der Waals surface area contributed by atoms with E-state index in [-0.39, 0.29) is 18.4 Å². The van der Waals surface area contributed by atoms with Gasteiger partial charge in [0.05, 0.1) is 18.9 Å². The van der Waals surface area contributed by atoms with Gasteiger partial charge in [-0.2, -0.15) is 5.10 Å². The van der Waals surface area contributed by atoms with Gasteiger partial charge in [-0.3, -0.25) is 20.4 Å². The molecule has 0 aliphatic carbocycles. The van der Waals surface area contributed by atoms with E-state index in [1.54, 1.807) is 22.7 Å². The molecule has 0 spiro atoms. The van der Waals surface area contributed by atoms with E-state index in [1.807, 2.05) is 40.7 Å². The summed E-state index contributed by atoms with van der Waals surface area (Å²) >= 11 is 0. The first kappa shape index (κ1) is 23.1. The molecule has 0 bridgehead atoms. The molecular weight excluding hydrogens is 410 g/mol. The van der Waals surface area contributed by atoms with E-state index in [9.17, 15) is 9.59 Å². The number of hydrogen-bond donors (Lipinski definition) is 2. The second-order valence-corrected chi connectivity index (χ2v) is 7.85. The number of aryl methyl sites for hydroxylation is 3. The molecule has 0 fully saturated rings. The van der Waals surface area contributed by atoms with Gasteiger partial charge in [-0.25, -0.2) is 9.50 Å². The summed E-state index contributed by atoms with van der Waals surface area (Å²) < 4.78 is 12.7. The van der Waals surface area contributed by atoms with Crippen LogP contribution in [0.2, 0.25) is 0 Å². The van der Waals surface area contributed by atoms with Gasteiger partial charge in [0.2, 0.25) is 5.91 Å². The smallest absolute Gasteiger partial charge is 0.269 e. The molecule has 0 unspecified atom stereocenters. The van der Waals surface area contributed by atoms with Gasteiger partial charge in [-0.15, -0.1) is 0 Å². The largest absolute Gasteiger partial charge is 0.493 e. The first-order valence-corrected chi connectivity index (χ1v) is 10.5. The van der Waals surface area contributed by atoms with Gasteiger partial charge in [-0.1, -0.05) is 0 Å². The van der Waals surface area contributed by atoms with Crippen molar-refractivity contribution in [3.8, 4) is 11.5 Å². The van der Waals surface area contributed by atoms with Crippen LogP contribution in [0, 0.1) is 20.8 Å². The number of ether oxygens (including phenoxy) is 2. The molecule has 0 aliphatic heterocycles. The molecule has 9 heteroatoms. The second kappa shape index (κ2) is 9.67. The molecule has 0 atom stereocenters. The zero-order valence-electron chi connectivity index (χ0n) is 19.3. The second-order valence-electron chi connectivity index (χ2n) is 7.85. The van der Waals surface area contributed by atoms with Crippen LogP contribution in [-0.4, -0.2) is 39.6 Å². The number of nitrogens with one attached hydrogen (secondary N) is 2. The molecule has 2 aromatic heterocycles. The summed E-state index contributed by atoms with van der Waals surface area (Å²) in [6.07, 6.45) is 0.652. The predicted molar refractivity (Wildman–Crippen MR) is 120 cm³/mol. The molecule has 2 N–H and O–H groups in total. The van der Waals surface area contributed by atoms with Gasteiger partial charge in [0, 0.05) is 29.4 Å². The standard InChI is InChI=1S/C23H29N5O4/c1-13(2)32-19-9-7-17(12-20(19)31-6)23(30)26-25-22(29)10-8-18-15(4)24-21-11-14(3)27-28(21)16(18)5/h7,9,11-13H,8,10H2,1-6H3,(H,25,29)(H,26,30). The predicted octanol–water partition coefficient (Wildman–Crippen LogP) is 2.84. The Bertz CT molecular complexity index is 1150. The Kier molecular flexibility index (Phi) is 6.97. The first-order valence-electron chi connectivity index (χ1n) is 10.5. The molecule has 2 amide bonds. The third-order valence-electron chi connectivity index (χ3n) is 4.99. The average molecular weight is 440 g/mol. The third kappa shape index (κ3) is 5.16. The fraction of sp³-hybridized carbons (Fsp3) is 0.391. The van der Waals surface area contributed by atoms with E-state index in [4.69, 9.17) is 9.47 Å². The minimum Gasteiger partial charge on any atom is -0.493 e. The van der Waals surface area contributed by atoms with Gasteiger partial charge in [0.25, 0.3) is 5.91 Å².